The van der Waals surface area contributed by atoms with Gasteiger partial charge in [0.25, 0.3) is 0 Å². The molecule has 15 heavy (non-hydrogen) atoms. The molecule has 0 aliphatic heterocycles. The molecule has 1 aliphatic carbocycles. The molecule has 1 nitrogen and oxygen atoms in total. The van der Waals surface area contributed by atoms with E-state index in [1.165, 1.54) is 16.0 Å². The minimum Gasteiger partial charge on any atom is -0.377 e. The standard InChI is InChI=1S/C13H14OS/c1-3-10-9-11(14-2)6-7-12(10)13-5-4-8-15-13/h3-5,7-9,11H,1,6H2,2H3. The molecule has 0 radical (unpaired) electrons. The summed E-state index contributed by atoms with van der Waals surface area (Å²) < 4.78 is 5.32. The van der Waals surface area contributed by atoms with Gasteiger partial charge in [0, 0.05) is 12.0 Å². The Morgan fingerprint density at radius 1 is 1.60 bits per heavy atom. The Bertz CT molecular complexity index is 398. The van der Waals surface area contributed by atoms with Gasteiger partial charge >= 0.3 is 0 Å². The summed E-state index contributed by atoms with van der Waals surface area (Å²) >= 11 is 1.76. The van der Waals surface area contributed by atoms with Gasteiger partial charge in [0.2, 0.25) is 0 Å². The fraction of sp³-hybridized carbons (Fsp3) is 0.231. The monoisotopic (exact) mass is 218 g/mol. The van der Waals surface area contributed by atoms with Crippen LogP contribution in [-0.4, -0.2) is 13.2 Å². The maximum atomic E-state index is 5.32. The van der Waals surface area contributed by atoms with Crippen molar-refractivity contribution in [2.75, 3.05) is 7.11 Å². The van der Waals surface area contributed by atoms with Crippen LogP contribution < -0.4 is 0 Å². The minimum atomic E-state index is 0.196. The van der Waals surface area contributed by atoms with E-state index in [2.05, 4.69) is 36.2 Å². The Hall–Kier alpha value is -1.12. The van der Waals surface area contributed by atoms with Crippen LogP contribution in [0.3, 0.4) is 0 Å². The first-order chi connectivity index (χ1) is 7.35. The third-order valence-electron chi connectivity index (χ3n) is 2.54. The second kappa shape index (κ2) is 4.60. The predicted octanol–water partition coefficient (Wildman–Crippen LogP) is 3.66. The van der Waals surface area contributed by atoms with Crippen molar-refractivity contribution in [1.82, 2.24) is 0 Å². The van der Waals surface area contributed by atoms with Crippen LogP contribution in [0.4, 0.5) is 0 Å². The van der Waals surface area contributed by atoms with Gasteiger partial charge in [-0.05, 0) is 35.1 Å². The molecule has 2 heteroatoms. The maximum absolute atomic E-state index is 5.32. The third-order valence-corrected chi connectivity index (χ3v) is 3.44. The summed E-state index contributed by atoms with van der Waals surface area (Å²) in [4.78, 5) is 1.30. The molecular weight excluding hydrogens is 204 g/mol. The van der Waals surface area contributed by atoms with Gasteiger partial charge in [0.05, 0.1) is 6.10 Å². The van der Waals surface area contributed by atoms with Crippen molar-refractivity contribution in [2.45, 2.75) is 12.5 Å². The van der Waals surface area contributed by atoms with Crippen LogP contribution in [-0.2, 0) is 4.74 Å². The van der Waals surface area contributed by atoms with Crippen LogP contribution >= 0.6 is 11.3 Å². The first kappa shape index (κ1) is 10.4. The van der Waals surface area contributed by atoms with Crippen molar-refractivity contribution in [3.05, 3.63) is 52.8 Å². The second-order valence-electron chi connectivity index (χ2n) is 3.43. The molecule has 0 saturated carbocycles. The highest BCUT2D eigenvalue weighted by molar-refractivity contribution is 7.11. The lowest BCUT2D eigenvalue weighted by Gasteiger charge is -2.18. The number of rotatable bonds is 3. The van der Waals surface area contributed by atoms with E-state index >= 15 is 0 Å². The molecule has 0 aromatic carbocycles. The predicted molar refractivity (Wildman–Crippen MR) is 66.0 cm³/mol. The first-order valence-corrected chi connectivity index (χ1v) is 5.84. The molecule has 0 bridgehead atoms. The van der Waals surface area contributed by atoms with Gasteiger partial charge < -0.3 is 4.74 Å². The van der Waals surface area contributed by atoms with Crippen LogP contribution in [0, 0.1) is 0 Å². The molecule has 0 fully saturated rings. The summed E-state index contributed by atoms with van der Waals surface area (Å²) in [5.41, 5.74) is 2.46. The van der Waals surface area contributed by atoms with E-state index < -0.39 is 0 Å². The molecule has 1 heterocycles. The fourth-order valence-electron chi connectivity index (χ4n) is 1.73. The van der Waals surface area contributed by atoms with Crippen LogP contribution in [0.2, 0.25) is 0 Å². The smallest absolute Gasteiger partial charge is 0.0795 e. The van der Waals surface area contributed by atoms with Gasteiger partial charge in [0.1, 0.15) is 0 Å². The molecule has 78 valence electrons. The van der Waals surface area contributed by atoms with Crippen molar-refractivity contribution >= 4 is 16.9 Å². The van der Waals surface area contributed by atoms with Gasteiger partial charge in [-0.25, -0.2) is 0 Å². The lowest BCUT2D eigenvalue weighted by molar-refractivity contribution is 0.142. The van der Waals surface area contributed by atoms with Crippen molar-refractivity contribution in [3.63, 3.8) is 0 Å². The quantitative estimate of drug-likeness (QED) is 0.752. The average molecular weight is 218 g/mol. The van der Waals surface area contributed by atoms with Gasteiger partial charge in [0.15, 0.2) is 0 Å². The van der Waals surface area contributed by atoms with E-state index in [-0.39, 0.29) is 6.10 Å². The topological polar surface area (TPSA) is 9.23 Å². The Labute approximate surface area is 94.4 Å². The Morgan fingerprint density at radius 2 is 2.47 bits per heavy atom. The molecule has 0 spiro atoms. The van der Waals surface area contributed by atoms with E-state index in [4.69, 9.17) is 4.74 Å². The molecule has 1 atom stereocenters. The minimum absolute atomic E-state index is 0.196. The summed E-state index contributed by atoms with van der Waals surface area (Å²) in [7, 11) is 1.74. The highest BCUT2D eigenvalue weighted by Gasteiger charge is 2.14. The number of methoxy groups -OCH3 is 1. The molecule has 0 saturated heterocycles. The van der Waals surface area contributed by atoms with Crippen molar-refractivity contribution in [1.29, 1.82) is 0 Å². The molecule has 1 aliphatic rings. The van der Waals surface area contributed by atoms with Gasteiger partial charge in [-0.15, -0.1) is 11.3 Å². The lowest BCUT2D eigenvalue weighted by Crippen LogP contribution is -2.10. The van der Waals surface area contributed by atoms with E-state index in [9.17, 15) is 0 Å². The lowest BCUT2D eigenvalue weighted by atomic mass is 9.95. The normalized spacial score (nSPS) is 20.7. The molecule has 2 rings (SSSR count). The summed E-state index contributed by atoms with van der Waals surface area (Å²) in [5.74, 6) is 0. The number of ether oxygens (including phenoxy) is 1. The Balaban J connectivity index is 2.31. The van der Waals surface area contributed by atoms with Crippen LogP contribution in [0.1, 0.15) is 11.3 Å². The Morgan fingerprint density at radius 3 is 3.07 bits per heavy atom. The number of hydrogen-bond acceptors (Lipinski definition) is 2. The molecule has 1 aromatic heterocycles. The van der Waals surface area contributed by atoms with E-state index in [1.54, 1.807) is 18.4 Å². The molecule has 0 amide bonds. The summed E-state index contributed by atoms with van der Waals surface area (Å²) in [6.07, 6.45) is 7.42. The Kier molecular flexibility index (Phi) is 3.19. The van der Waals surface area contributed by atoms with Gasteiger partial charge in [-0.3, -0.25) is 0 Å². The first-order valence-electron chi connectivity index (χ1n) is 4.96. The van der Waals surface area contributed by atoms with Crippen LogP contribution in [0.25, 0.3) is 5.57 Å². The van der Waals surface area contributed by atoms with E-state index in [1.807, 2.05) is 6.08 Å². The van der Waals surface area contributed by atoms with Gasteiger partial charge in [-0.2, -0.15) is 0 Å². The van der Waals surface area contributed by atoms with Crippen LogP contribution in [0.15, 0.2) is 47.9 Å². The average Bonchev–Trinajstić information content (AvgIpc) is 2.81. The number of allylic oxidation sites excluding steroid dienone is 3. The fourth-order valence-corrected chi connectivity index (χ4v) is 2.52. The number of hydrogen-bond donors (Lipinski definition) is 0. The van der Waals surface area contributed by atoms with Crippen LogP contribution in [0.5, 0.6) is 0 Å². The third kappa shape index (κ3) is 2.11. The molecular formula is C13H14OS. The zero-order valence-corrected chi connectivity index (χ0v) is 9.59. The number of thiophene rings is 1. The zero-order valence-electron chi connectivity index (χ0n) is 8.77. The maximum Gasteiger partial charge on any atom is 0.0795 e. The molecule has 0 N–H and O–H groups in total. The zero-order chi connectivity index (χ0) is 10.7. The molecule has 1 aromatic rings. The second-order valence-corrected chi connectivity index (χ2v) is 4.38. The van der Waals surface area contributed by atoms with Crippen molar-refractivity contribution < 1.29 is 4.74 Å². The van der Waals surface area contributed by atoms with E-state index in [0.29, 0.717) is 0 Å². The van der Waals surface area contributed by atoms with Crippen molar-refractivity contribution in [3.8, 4) is 0 Å². The summed E-state index contributed by atoms with van der Waals surface area (Å²) in [5, 5.41) is 2.10. The molecule has 1 unspecified atom stereocenters. The van der Waals surface area contributed by atoms with Crippen molar-refractivity contribution in [2.24, 2.45) is 0 Å². The summed E-state index contributed by atoms with van der Waals surface area (Å²) in [6, 6.07) is 4.21. The van der Waals surface area contributed by atoms with Gasteiger partial charge in [-0.1, -0.05) is 24.8 Å². The largest absolute Gasteiger partial charge is 0.377 e. The SMILES string of the molecule is C=CC1=CC(OC)CC=C1c1cccs1. The highest BCUT2D eigenvalue weighted by atomic mass is 32.1. The summed E-state index contributed by atoms with van der Waals surface area (Å²) in [6.45, 7) is 3.85. The highest BCUT2D eigenvalue weighted by Crippen LogP contribution is 2.32. The van der Waals surface area contributed by atoms with E-state index in [0.717, 1.165) is 6.42 Å².